The van der Waals surface area contributed by atoms with Gasteiger partial charge in [-0.1, -0.05) is 12.1 Å². The minimum absolute atomic E-state index is 0.0515. The number of rotatable bonds is 4. The van der Waals surface area contributed by atoms with Crippen LogP contribution in [0.2, 0.25) is 0 Å². The first kappa shape index (κ1) is 14.8. The monoisotopic (exact) mass is 297 g/mol. The highest BCUT2D eigenvalue weighted by Gasteiger charge is 2.29. The second-order valence-corrected chi connectivity index (χ2v) is 4.16. The van der Waals surface area contributed by atoms with E-state index in [1.165, 1.54) is 30.6 Å². The summed E-state index contributed by atoms with van der Waals surface area (Å²) in [6.07, 6.45) is -1.83. The summed E-state index contributed by atoms with van der Waals surface area (Å²) in [5.74, 6) is -1.11. The van der Waals surface area contributed by atoms with E-state index in [0.717, 1.165) is 12.1 Å². The average Bonchev–Trinajstić information content (AvgIpc) is 2.45. The molecule has 0 amide bonds. The van der Waals surface area contributed by atoms with Crippen molar-refractivity contribution in [2.24, 2.45) is 0 Å². The van der Waals surface area contributed by atoms with Gasteiger partial charge in [0.1, 0.15) is 12.2 Å². The second-order valence-electron chi connectivity index (χ2n) is 4.16. The molecule has 0 atom stereocenters. The fourth-order valence-corrected chi connectivity index (χ4v) is 1.62. The molecule has 0 unspecified atom stereocenters. The summed E-state index contributed by atoms with van der Waals surface area (Å²) in [7, 11) is 0. The number of carboxylic acid groups (broad SMARTS) is 1. The van der Waals surface area contributed by atoms with Gasteiger partial charge in [-0.15, -0.1) is 0 Å². The summed E-state index contributed by atoms with van der Waals surface area (Å²) in [6.45, 7) is -0.0515. The van der Waals surface area contributed by atoms with Gasteiger partial charge in [0, 0.05) is 6.20 Å². The zero-order chi connectivity index (χ0) is 15.5. The van der Waals surface area contributed by atoms with Crippen LogP contribution < -0.4 is 4.74 Å². The normalized spacial score (nSPS) is 11.2. The summed E-state index contributed by atoms with van der Waals surface area (Å²) in [5, 5.41) is 8.96. The molecule has 0 saturated heterocycles. The van der Waals surface area contributed by atoms with Crippen LogP contribution in [0.25, 0.3) is 0 Å². The third-order valence-electron chi connectivity index (χ3n) is 2.69. The van der Waals surface area contributed by atoms with Crippen molar-refractivity contribution in [3.63, 3.8) is 0 Å². The highest BCUT2D eigenvalue weighted by molar-refractivity contribution is 5.90. The van der Waals surface area contributed by atoms with Gasteiger partial charge in [0.25, 0.3) is 0 Å². The van der Waals surface area contributed by atoms with Crippen LogP contribution in [-0.4, -0.2) is 16.1 Å². The second kappa shape index (κ2) is 5.82. The van der Waals surface area contributed by atoms with E-state index in [4.69, 9.17) is 9.84 Å². The number of alkyl halides is 3. The number of hydrogen-bond donors (Lipinski definition) is 1. The molecule has 0 bridgehead atoms. The number of carbonyl (C=O) groups is 1. The van der Waals surface area contributed by atoms with Gasteiger partial charge in [-0.25, -0.2) is 4.79 Å². The van der Waals surface area contributed by atoms with Crippen LogP contribution in [0.15, 0.2) is 42.7 Å². The molecule has 2 rings (SSSR count). The van der Waals surface area contributed by atoms with Crippen LogP contribution in [-0.2, 0) is 12.8 Å². The van der Waals surface area contributed by atoms with Gasteiger partial charge in [-0.3, -0.25) is 4.98 Å². The van der Waals surface area contributed by atoms with Gasteiger partial charge < -0.3 is 9.84 Å². The molecule has 7 heteroatoms. The topological polar surface area (TPSA) is 59.4 Å². The Hall–Kier alpha value is -2.57. The zero-order valence-electron chi connectivity index (χ0n) is 10.6. The minimum Gasteiger partial charge on any atom is -0.486 e. The lowest BCUT2D eigenvalue weighted by molar-refractivity contribution is -0.137. The lowest BCUT2D eigenvalue weighted by Crippen LogP contribution is -2.06. The number of pyridine rings is 1. The van der Waals surface area contributed by atoms with Crippen molar-refractivity contribution in [2.75, 3.05) is 0 Å². The van der Waals surface area contributed by atoms with E-state index in [-0.39, 0.29) is 17.9 Å². The third kappa shape index (κ3) is 3.71. The highest BCUT2D eigenvalue weighted by Crippen LogP contribution is 2.29. The van der Waals surface area contributed by atoms with Gasteiger partial charge in [0.2, 0.25) is 0 Å². The van der Waals surface area contributed by atoms with Gasteiger partial charge in [0.15, 0.2) is 5.75 Å². The Morgan fingerprint density at radius 1 is 1.19 bits per heavy atom. The Morgan fingerprint density at radius 3 is 2.43 bits per heavy atom. The lowest BCUT2D eigenvalue weighted by atomic mass is 10.1. The Balaban J connectivity index is 2.09. The summed E-state index contributed by atoms with van der Waals surface area (Å²) in [6, 6.07) is 5.73. The van der Waals surface area contributed by atoms with E-state index in [0.29, 0.717) is 5.56 Å². The van der Waals surface area contributed by atoms with E-state index < -0.39 is 17.7 Å². The van der Waals surface area contributed by atoms with E-state index in [9.17, 15) is 18.0 Å². The van der Waals surface area contributed by atoms with Crippen molar-refractivity contribution in [3.8, 4) is 5.75 Å². The maximum atomic E-state index is 12.4. The van der Waals surface area contributed by atoms with Gasteiger partial charge in [-0.05, 0) is 23.8 Å². The fraction of sp³-hybridized carbons (Fsp3) is 0.143. The molecule has 0 fully saturated rings. The zero-order valence-corrected chi connectivity index (χ0v) is 10.6. The number of benzene rings is 1. The van der Waals surface area contributed by atoms with Gasteiger partial charge in [0.05, 0.1) is 11.8 Å². The van der Waals surface area contributed by atoms with Gasteiger partial charge in [-0.2, -0.15) is 13.2 Å². The lowest BCUT2D eigenvalue weighted by Gasteiger charge is -2.10. The minimum atomic E-state index is -4.39. The molecule has 110 valence electrons. The molecule has 1 aromatic heterocycles. The molecule has 0 aliphatic rings. The average molecular weight is 297 g/mol. The molecule has 0 saturated carbocycles. The van der Waals surface area contributed by atoms with E-state index in [1.807, 2.05) is 0 Å². The SMILES string of the molecule is O=C(O)c1ccncc1OCc1ccc(C(F)(F)F)cc1. The number of carboxylic acids is 1. The maximum Gasteiger partial charge on any atom is 0.416 e. The van der Waals surface area contributed by atoms with E-state index in [1.54, 1.807) is 0 Å². The molecule has 0 radical (unpaired) electrons. The molecule has 1 heterocycles. The summed E-state index contributed by atoms with van der Waals surface area (Å²) in [4.78, 5) is 14.7. The highest BCUT2D eigenvalue weighted by atomic mass is 19.4. The van der Waals surface area contributed by atoms with Crippen molar-refractivity contribution >= 4 is 5.97 Å². The standard InChI is InChI=1S/C14H10F3NO3/c15-14(16,17)10-3-1-9(2-4-10)8-21-12-7-18-6-5-11(12)13(19)20/h1-7H,8H2,(H,19,20). The first-order chi connectivity index (χ1) is 9.88. The van der Waals surface area contributed by atoms with Crippen LogP contribution in [0.4, 0.5) is 13.2 Å². The Labute approximate surface area is 117 Å². The summed E-state index contributed by atoms with van der Waals surface area (Å²) in [5.41, 5.74) is -0.320. The first-order valence-corrected chi connectivity index (χ1v) is 5.84. The third-order valence-corrected chi connectivity index (χ3v) is 2.69. The quantitative estimate of drug-likeness (QED) is 0.940. The molecule has 21 heavy (non-hydrogen) atoms. The number of ether oxygens (including phenoxy) is 1. The molecule has 1 aromatic carbocycles. The number of hydrogen-bond acceptors (Lipinski definition) is 3. The number of aromatic carboxylic acids is 1. The van der Waals surface area contributed by atoms with E-state index in [2.05, 4.69) is 4.98 Å². The van der Waals surface area contributed by atoms with Crippen molar-refractivity contribution < 1.29 is 27.8 Å². The molecule has 2 aromatic rings. The van der Waals surface area contributed by atoms with Crippen LogP contribution in [0.5, 0.6) is 5.75 Å². The maximum absolute atomic E-state index is 12.4. The molecule has 1 N–H and O–H groups in total. The van der Waals surface area contributed by atoms with Crippen molar-refractivity contribution in [1.82, 2.24) is 4.98 Å². The molecular formula is C14H10F3NO3. The predicted molar refractivity (Wildman–Crippen MR) is 67.0 cm³/mol. The van der Waals surface area contributed by atoms with Crippen molar-refractivity contribution in [2.45, 2.75) is 12.8 Å². The molecule has 4 nitrogen and oxygen atoms in total. The molecule has 0 spiro atoms. The molecule has 0 aliphatic heterocycles. The van der Waals surface area contributed by atoms with Gasteiger partial charge >= 0.3 is 12.1 Å². The smallest absolute Gasteiger partial charge is 0.416 e. The molecular weight excluding hydrogens is 287 g/mol. The number of nitrogens with zero attached hydrogens (tertiary/aromatic N) is 1. The first-order valence-electron chi connectivity index (χ1n) is 5.84. The summed E-state index contributed by atoms with van der Waals surface area (Å²) < 4.78 is 42.5. The van der Waals surface area contributed by atoms with Crippen LogP contribution in [0, 0.1) is 0 Å². The van der Waals surface area contributed by atoms with Crippen molar-refractivity contribution in [3.05, 3.63) is 59.4 Å². The van der Waals surface area contributed by atoms with Crippen LogP contribution in [0.3, 0.4) is 0 Å². The Bertz CT molecular complexity index is 639. The van der Waals surface area contributed by atoms with E-state index >= 15 is 0 Å². The van der Waals surface area contributed by atoms with Crippen LogP contribution in [0.1, 0.15) is 21.5 Å². The fourth-order valence-electron chi connectivity index (χ4n) is 1.62. The number of aromatic nitrogens is 1. The van der Waals surface area contributed by atoms with Crippen molar-refractivity contribution in [1.29, 1.82) is 0 Å². The van der Waals surface area contributed by atoms with Crippen LogP contribution >= 0.6 is 0 Å². The largest absolute Gasteiger partial charge is 0.486 e. The Kier molecular flexibility index (Phi) is 4.11. The predicted octanol–water partition coefficient (Wildman–Crippen LogP) is 3.38. The Morgan fingerprint density at radius 2 is 1.86 bits per heavy atom. The number of halogens is 3. The molecule has 0 aliphatic carbocycles. The summed E-state index contributed by atoms with van der Waals surface area (Å²) >= 11 is 0.